The van der Waals surface area contributed by atoms with Gasteiger partial charge in [-0.15, -0.1) is 0 Å². The van der Waals surface area contributed by atoms with Crippen LogP contribution in [-0.4, -0.2) is 25.0 Å². The first-order valence-corrected chi connectivity index (χ1v) is 7.59. The minimum Gasteiger partial charge on any atom is -0.426 e. The van der Waals surface area contributed by atoms with E-state index >= 15 is 0 Å². The van der Waals surface area contributed by atoms with Gasteiger partial charge in [0, 0.05) is 50.2 Å². The highest BCUT2D eigenvalue weighted by Crippen LogP contribution is 2.32. The summed E-state index contributed by atoms with van der Waals surface area (Å²) in [7, 11) is 4.08. The van der Waals surface area contributed by atoms with E-state index < -0.39 is 0 Å². The van der Waals surface area contributed by atoms with Gasteiger partial charge < -0.3 is 14.6 Å². The van der Waals surface area contributed by atoms with E-state index in [9.17, 15) is 4.79 Å². The first-order valence-electron chi connectivity index (χ1n) is 7.59. The summed E-state index contributed by atoms with van der Waals surface area (Å²) in [5.41, 5.74) is 4.51. The van der Waals surface area contributed by atoms with Gasteiger partial charge in [-0.25, -0.2) is 0 Å². The number of aromatic nitrogens is 1. The fourth-order valence-corrected chi connectivity index (χ4v) is 2.90. The minimum absolute atomic E-state index is 0.307. The van der Waals surface area contributed by atoms with Gasteiger partial charge in [-0.3, -0.25) is 4.79 Å². The number of hydrogen-bond acceptors (Lipinski definition) is 3. The van der Waals surface area contributed by atoms with Crippen LogP contribution >= 0.6 is 0 Å². The molecule has 4 heteroatoms. The van der Waals surface area contributed by atoms with Gasteiger partial charge in [0.05, 0.1) is 0 Å². The number of nitrogens with one attached hydrogen (secondary N) is 1. The van der Waals surface area contributed by atoms with Crippen LogP contribution in [-0.2, 0) is 11.2 Å². The Morgan fingerprint density at radius 3 is 2.61 bits per heavy atom. The first kappa shape index (κ1) is 15.2. The molecule has 0 aliphatic rings. The Balaban J connectivity index is 2.06. The molecule has 1 heterocycles. The lowest BCUT2D eigenvalue weighted by atomic mass is 10.0. The summed E-state index contributed by atoms with van der Waals surface area (Å²) in [4.78, 5) is 16.7. The third kappa shape index (κ3) is 3.06. The largest absolute Gasteiger partial charge is 0.426 e. The average molecular weight is 308 g/mol. The number of aromatic amines is 1. The Kier molecular flexibility index (Phi) is 4.06. The van der Waals surface area contributed by atoms with Crippen LogP contribution in [0.2, 0.25) is 0 Å². The van der Waals surface area contributed by atoms with Crippen LogP contribution in [0.1, 0.15) is 18.1 Å². The number of fused-ring (bicyclic) bond motifs is 1. The molecular formula is C19H20N2O2. The number of hydrogen-bond donors (Lipinski definition) is 1. The molecule has 3 aromatic rings. The van der Waals surface area contributed by atoms with Crippen molar-refractivity contribution in [2.75, 3.05) is 19.0 Å². The Hall–Kier alpha value is -2.75. The molecule has 0 radical (unpaired) electrons. The number of H-pyrrole nitrogens is 1. The zero-order chi connectivity index (χ0) is 16.4. The fraction of sp³-hybridized carbons (Fsp3) is 0.211. The molecule has 0 atom stereocenters. The normalized spacial score (nSPS) is 10.7. The summed E-state index contributed by atoms with van der Waals surface area (Å²) < 4.78 is 5.37. The molecule has 0 bridgehead atoms. The predicted octanol–water partition coefficient (Wildman–Crippen LogP) is 3.75. The number of carbonyl (C=O) groups is 1. The zero-order valence-corrected chi connectivity index (χ0v) is 13.6. The molecule has 118 valence electrons. The molecule has 0 amide bonds. The predicted molar refractivity (Wildman–Crippen MR) is 93.2 cm³/mol. The van der Waals surface area contributed by atoms with E-state index in [1.54, 1.807) is 0 Å². The number of ether oxygens (including phenoxy) is 1. The Morgan fingerprint density at radius 2 is 1.87 bits per heavy atom. The third-order valence-electron chi connectivity index (χ3n) is 3.86. The lowest BCUT2D eigenvalue weighted by molar-refractivity contribution is -0.131. The first-order chi connectivity index (χ1) is 11.1. The SMILES string of the molecule is CC(=O)Oc1cccc2[nH]cc(Cc3ccccc3N(C)C)c12. The van der Waals surface area contributed by atoms with Gasteiger partial charge in [0.15, 0.2) is 0 Å². The summed E-state index contributed by atoms with van der Waals surface area (Å²) in [5, 5.41) is 0.969. The molecule has 0 spiro atoms. The fourth-order valence-electron chi connectivity index (χ4n) is 2.90. The maximum atomic E-state index is 11.4. The van der Waals surface area contributed by atoms with Crippen LogP contribution in [0, 0.1) is 0 Å². The zero-order valence-electron chi connectivity index (χ0n) is 13.6. The molecule has 1 N–H and O–H groups in total. The van der Waals surface area contributed by atoms with E-state index in [0.717, 1.165) is 22.9 Å². The van der Waals surface area contributed by atoms with E-state index in [1.807, 2.05) is 50.6 Å². The molecule has 0 saturated carbocycles. The van der Waals surface area contributed by atoms with E-state index in [2.05, 4.69) is 22.0 Å². The van der Waals surface area contributed by atoms with E-state index in [4.69, 9.17) is 4.74 Å². The van der Waals surface area contributed by atoms with Crippen LogP contribution in [0.5, 0.6) is 5.75 Å². The van der Waals surface area contributed by atoms with Crippen LogP contribution in [0.15, 0.2) is 48.7 Å². The van der Waals surface area contributed by atoms with Crippen molar-refractivity contribution < 1.29 is 9.53 Å². The molecule has 3 rings (SSSR count). The van der Waals surface area contributed by atoms with Crippen molar-refractivity contribution in [3.63, 3.8) is 0 Å². The molecule has 0 aliphatic heterocycles. The summed E-state index contributed by atoms with van der Waals surface area (Å²) in [5.74, 6) is 0.298. The second-order valence-corrected chi connectivity index (χ2v) is 5.79. The molecule has 4 nitrogen and oxygen atoms in total. The molecule has 0 aliphatic carbocycles. The van der Waals surface area contributed by atoms with E-state index in [1.165, 1.54) is 18.2 Å². The summed E-state index contributed by atoms with van der Waals surface area (Å²) in [6.45, 7) is 1.42. The van der Waals surface area contributed by atoms with Crippen molar-refractivity contribution >= 4 is 22.6 Å². The summed E-state index contributed by atoms with van der Waals surface area (Å²) in [6.07, 6.45) is 2.76. The van der Waals surface area contributed by atoms with Crippen molar-refractivity contribution in [3.05, 3.63) is 59.8 Å². The van der Waals surface area contributed by atoms with Gasteiger partial charge in [0.2, 0.25) is 0 Å². The van der Waals surface area contributed by atoms with Gasteiger partial charge >= 0.3 is 5.97 Å². The minimum atomic E-state index is -0.307. The van der Waals surface area contributed by atoms with Crippen LogP contribution in [0.25, 0.3) is 10.9 Å². The number of carbonyl (C=O) groups excluding carboxylic acids is 1. The smallest absolute Gasteiger partial charge is 0.308 e. The second-order valence-electron chi connectivity index (χ2n) is 5.79. The number of rotatable bonds is 4. The van der Waals surface area contributed by atoms with Crippen molar-refractivity contribution in [2.24, 2.45) is 0 Å². The Morgan fingerprint density at radius 1 is 1.09 bits per heavy atom. The van der Waals surface area contributed by atoms with Gasteiger partial charge in [0.1, 0.15) is 5.75 Å². The van der Waals surface area contributed by atoms with Gasteiger partial charge in [-0.05, 0) is 29.3 Å². The Bertz CT molecular complexity index is 849. The summed E-state index contributed by atoms with van der Waals surface area (Å²) >= 11 is 0. The maximum Gasteiger partial charge on any atom is 0.308 e. The quantitative estimate of drug-likeness (QED) is 0.590. The van der Waals surface area contributed by atoms with Crippen molar-refractivity contribution in [2.45, 2.75) is 13.3 Å². The average Bonchev–Trinajstić information content (AvgIpc) is 2.91. The highest BCUT2D eigenvalue weighted by molar-refractivity contribution is 5.91. The molecule has 2 aromatic carbocycles. The van der Waals surface area contributed by atoms with Crippen molar-refractivity contribution in [3.8, 4) is 5.75 Å². The lowest BCUT2D eigenvalue weighted by Crippen LogP contribution is -2.11. The number of nitrogens with zero attached hydrogens (tertiary/aromatic N) is 1. The van der Waals surface area contributed by atoms with Crippen LogP contribution in [0.3, 0.4) is 0 Å². The monoisotopic (exact) mass is 308 g/mol. The lowest BCUT2D eigenvalue weighted by Gasteiger charge is -2.17. The van der Waals surface area contributed by atoms with E-state index in [-0.39, 0.29) is 5.97 Å². The topological polar surface area (TPSA) is 45.3 Å². The third-order valence-corrected chi connectivity index (χ3v) is 3.86. The maximum absolute atomic E-state index is 11.4. The molecule has 0 unspecified atom stereocenters. The van der Waals surface area contributed by atoms with Crippen molar-refractivity contribution in [1.82, 2.24) is 4.98 Å². The molecule has 0 fully saturated rings. The molecule has 23 heavy (non-hydrogen) atoms. The number of esters is 1. The van der Waals surface area contributed by atoms with Gasteiger partial charge in [0.25, 0.3) is 0 Å². The van der Waals surface area contributed by atoms with Gasteiger partial charge in [-0.1, -0.05) is 24.3 Å². The van der Waals surface area contributed by atoms with Crippen LogP contribution < -0.4 is 9.64 Å². The summed E-state index contributed by atoms with van der Waals surface area (Å²) in [6, 6.07) is 14.0. The van der Waals surface area contributed by atoms with Crippen molar-refractivity contribution in [1.29, 1.82) is 0 Å². The molecular weight excluding hydrogens is 288 g/mol. The highest BCUT2D eigenvalue weighted by atomic mass is 16.5. The molecule has 1 aromatic heterocycles. The Labute approximate surface area is 135 Å². The van der Waals surface area contributed by atoms with Crippen LogP contribution in [0.4, 0.5) is 5.69 Å². The standard InChI is InChI=1S/C19H20N2O2/c1-13(22)23-18-10-6-8-16-19(18)15(12-20-16)11-14-7-4-5-9-17(14)21(2)3/h4-10,12,20H,11H2,1-3H3. The molecule has 0 saturated heterocycles. The highest BCUT2D eigenvalue weighted by Gasteiger charge is 2.13. The van der Waals surface area contributed by atoms with Gasteiger partial charge in [-0.2, -0.15) is 0 Å². The number of para-hydroxylation sites is 1. The number of benzene rings is 2. The van der Waals surface area contributed by atoms with E-state index in [0.29, 0.717) is 5.75 Å². The number of anilines is 1. The second kappa shape index (κ2) is 6.16.